The van der Waals surface area contributed by atoms with Crippen molar-refractivity contribution in [1.29, 1.82) is 0 Å². The quantitative estimate of drug-likeness (QED) is 0.748. The van der Waals surface area contributed by atoms with Gasteiger partial charge in [0.25, 0.3) is 5.56 Å². The lowest BCUT2D eigenvalue weighted by Gasteiger charge is -1.96. The fourth-order valence-electron chi connectivity index (χ4n) is 1.13. The Hall–Kier alpha value is -2.70. The van der Waals surface area contributed by atoms with Crippen LogP contribution in [0.25, 0.3) is 0 Å². The Morgan fingerprint density at radius 2 is 1.94 bits per heavy atom. The molecule has 0 aliphatic heterocycles. The topological polar surface area (TPSA) is 99.8 Å². The van der Waals surface area contributed by atoms with Gasteiger partial charge in [-0.3, -0.25) is 9.78 Å². The van der Waals surface area contributed by atoms with Crippen molar-refractivity contribution in [2.24, 2.45) is 10.3 Å². The Morgan fingerprint density at radius 3 is 2.65 bits per heavy atom. The minimum Gasteiger partial charge on any atom is -0.506 e. The van der Waals surface area contributed by atoms with Crippen molar-refractivity contribution < 1.29 is 5.11 Å². The van der Waals surface area contributed by atoms with E-state index in [4.69, 9.17) is 0 Å². The van der Waals surface area contributed by atoms with E-state index in [1.54, 1.807) is 12.1 Å². The van der Waals surface area contributed by atoms with Crippen molar-refractivity contribution in [3.05, 3.63) is 57.4 Å². The number of nitrogens with zero attached hydrogens (tertiary/aromatic N) is 3. The first-order valence-corrected chi connectivity index (χ1v) is 4.69. The van der Waals surface area contributed by atoms with Gasteiger partial charge in [0.15, 0.2) is 0 Å². The highest BCUT2D eigenvalue weighted by Gasteiger charge is 1.97. The summed E-state index contributed by atoms with van der Waals surface area (Å²) in [5.41, 5.74) is -0.980. The highest BCUT2D eigenvalue weighted by Crippen LogP contribution is 2.24. The molecule has 0 aliphatic carbocycles. The van der Waals surface area contributed by atoms with Gasteiger partial charge in [-0.25, -0.2) is 4.79 Å². The molecule has 0 saturated heterocycles. The molecule has 0 atom stereocenters. The minimum atomic E-state index is -0.698. The van der Waals surface area contributed by atoms with Gasteiger partial charge >= 0.3 is 5.69 Å². The lowest BCUT2D eigenvalue weighted by molar-refractivity contribution is 0.475. The molecule has 86 valence electrons. The molecule has 0 bridgehead atoms. The van der Waals surface area contributed by atoms with Crippen LogP contribution in [0.4, 0.5) is 5.69 Å². The Morgan fingerprint density at radius 1 is 1.18 bits per heavy atom. The van der Waals surface area contributed by atoms with Crippen molar-refractivity contribution >= 4 is 5.69 Å². The van der Waals surface area contributed by atoms with E-state index in [1.807, 2.05) is 4.98 Å². The SMILES string of the molecule is O=c1ccn(N=Nc2ccccc2O)c(=O)[nH]1. The lowest BCUT2D eigenvalue weighted by Crippen LogP contribution is -2.25. The summed E-state index contributed by atoms with van der Waals surface area (Å²) in [6, 6.07) is 7.44. The van der Waals surface area contributed by atoms with E-state index in [0.717, 1.165) is 10.7 Å². The second-order valence-corrected chi connectivity index (χ2v) is 3.13. The van der Waals surface area contributed by atoms with Crippen LogP contribution in [0.1, 0.15) is 0 Å². The average Bonchev–Trinajstić information content (AvgIpc) is 2.30. The van der Waals surface area contributed by atoms with Crippen molar-refractivity contribution in [3.63, 3.8) is 0 Å². The van der Waals surface area contributed by atoms with E-state index >= 15 is 0 Å². The third-order valence-electron chi connectivity index (χ3n) is 1.94. The zero-order valence-corrected chi connectivity index (χ0v) is 8.57. The van der Waals surface area contributed by atoms with E-state index in [1.165, 1.54) is 18.3 Å². The molecule has 17 heavy (non-hydrogen) atoms. The maximum atomic E-state index is 11.2. The molecular formula is C10H8N4O3. The number of para-hydroxylation sites is 1. The predicted molar refractivity (Wildman–Crippen MR) is 59.3 cm³/mol. The maximum Gasteiger partial charge on any atom is 0.350 e. The van der Waals surface area contributed by atoms with Gasteiger partial charge in [0.1, 0.15) is 11.4 Å². The van der Waals surface area contributed by atoms with E-state index in [-0.39, 0.29) is 11.4 Å². The first kappa shape index (κ1) is 10.8. The number of phenolic OH excluding ortho intramolecular Hbond substituents is 1. The fourth-order valence-corrected chi connectivity index (χ4v) is 1.13. The number of H-pyrrole nitrogens is 1. The molecule has 2 aromatic rings. The summed E-state index contributed by atoms with van der Waals surface area (Å²) in [7, 11) is 0. The summed E-state index contributed by atoms with van der Waals surface area (Å²) in [6.45, 7) is 0. The van der Waals surface area contributed by atoms with Crippen LogP contribution in [0.15, 0.2) is 56.5 Å². The van der Waals surface area contributed by atoms with Crippen molar-refractivity contribution in [1.82, 2.24) is 9.66 Å². The molecule has 0 unspecified atom stereocenters. The maximum absolute atomic E-state index is 11.2. The number of nitrogens with one attached hydrogen (secondary N) is 1. The molecule has 2 rings (SSSR count). The van der Waals surface area contributed by atoms with Gasteiger partial charge in [0.2, 0.25) is 0 Å². The first-order valence-electron chi connectivity index (χ1n) is 4.69. The van der Waals surface area contributed by atoms with Crippen LogP contribution < -0.4 is 11.2 Å². The number of aromatic amines is 1. The Bertz CT molecular complexity index is 671. The Kier molecular flexibility index (Phi) is 2.82. The van der Waals surface area contributed by atoms with Crippen LogP contribution >= 0.6 is 0 Å². The van der Waals surface area contributed by atoms with Crippen LogP contribution in [0.3, 0.4) is 0 Å². The molecule has 2 N–H and O–H groups in total. The zero-order valence-electron chi connectivity index (χ0n) is 8.57. The van der Waals surface area contributed by atoms with Crippen molar-refractivity contribution in [3.8, 4) is 5.75 Å². The molecule has 1 aromatic carbocycles. The summed E-state index contributed by atoms with van der Waals surface area (Å²) in [4.78, 5) is 24.1. The van der Waals surface area contributed by atoms with Crippen LogP contribution in [0.2, 0.25) is 0 Å². The molecule has 0 spiro atoms. The second kappa shape index (κ2) is 4.44. The summed E-state index contributed by atoms with van der Waals surface area (Å²) in [6.07, 6.45) is 1.19. The number of hydrogen-bond donors (Lipinski definition) is 2. The van der Waals surface area contributed by atoms with Gasteiger partial charge in [-0.2, -0.15) is 4.68 Å². The standard InChI is InChI=1S/C10H8N4O3/c15-8-4-2-1-3-7(8)12-13-14-6-5-9(16)11-10(14)17/h1-6,15H,(H,11,16,17). The van der Waals surface area contributed by atoms with Crippen molar-refractivity contribution in [2.75, 3.05) is 0 Å². The summed E-state index contributed by atoms with van der Waals surface area (Å²) < 4.78 is 0.855. The lowest BCUT2D eigenvalue weighted by atomic mass is 10.3. The summed E-state index contributed by atoms with van der Waals surface area (Å²) in [5, 5.41) is 16.7. The fraction of sp³-hybridized carbons (Fsp3) is 0. The number of rotatable bonds is 2. The first-order chi connectivity index (χ1) is 8.16. The van der Waals surface area contributed by atoms with Crippen LogP contribution in [0, 0.1) is 0 Å². The van der Waals surface area contributed by atoms with E-state index in [2.05, 4.69) is 10.3 Å². The third kappa shape index (κ3) is 2.46. The molecule has 0 fully saturated rings. The molecule has 1 aromatic heterocycles. The van der Waals surface area contributed by atoms with Gasteiger partial charge in [-0.15, -0.1) is 5.11 Å². The monoisotopic (exact) mass is 232 g/mol. The minimum absolute atomic E-state index is 0.0475. The summed E-state index contributed by atoms with van der Waals surface area (Å²) >= 11 is 0. The highest BCUT2D eigenvalue weighted by molar-refractivity contribution is 5.49. The summed E-state index contributed by atoms with van der Waals surface area (Å²) in [5.74, 6) is -0.0475. The third-order valence-corrected chi connectivity index (χ3v) is 1.94. The molecular weight excluding hydrogens is 224 g/mol. The van der Waals surface area contributed by atoms with Gasteiger partial charge in [0.05, 0.1) is 0 Å². The number of phenols is 1. The van der Waals surface area contributed by atoms with Gasteiger partial charge in [0, 0.05) is 12.3 Å². The molecule has 7 heteroatoms. The number of benzene rings is 1. The number of aromatic hydroxyl groups is 1. The molecule has 0 saturated carbocycles. The van der Waals surface area contributed by atoms with E-state index in [9.17, 15) is 14.7 Å². The normalized spacial score (nSPS) is 10.8. The zero-order chi connectivity index (χ0) is 12.3. The molecule has 0 radical (unpaired) electrons. The van der Waals surface area contributed by atoms with Gasteiger partial charge < -0.3 is 5.11 Å². The van der Waals surface area contributed by atoms with E-state index in [0.29, 0.717) is 0 Å². The molecule has 7 nitrogen and oxygen atoms in total. The molecule has 0 aliphatic rings. The Balaban J connectivity index is 2.36. The van der Waals surface area contributed by atoms with Crippen molar-refractivity contribution in [2.45, 2.75) is 0 Å². The van der Waals surface area contributed by atoms with Gasteiger partial charge in [-0.05, 0) is 12.1 Å². The number of aromatic nitrogens is 2. The largest absolute Gasteiger partial charge is 0.506 e. The van der Waals surface area contributed by atoms with Crippen LogP contribution in [-0.2, 0) is 0 Å². The Labute approximate surface area is 94.7 Å². The second-order valence-electron chi connectivity index (χ2n) is 3.13. The average molecular weight is 232 g/mol. The smallest absolute Gasteiger partial charge is 0.350 e. The highest BCUT2D eigenvalue weighted by atomic mass is 16.3. The van der Waals surface area contributed by atoms with E-state index < -0.39 is 11.2 Å². The predicted octanol–water partition coefficient (Wildman–Crippen LogP) is 0.789. The molecule has 0 amide bonds. The van der Waals surface area contributed by atoms with Gasteiger partial charge in [-0.1, -0.05) is 17.4 Å². The van der Waals surface area contributed by atoms with Crippen LogP contribution in [0.5, 0.6) is 5.75 Å². The molecule has 1 heterocycles. The number of hydrogen-bond acceptors (Lipinski definition) is 5. The van der Waals surface area contributed by atoms with Crippen LogP contribution in [-0.4, -0.2) is 14.8 Å².